The zero-order chi connectivity index (χ0) is 11.4. The Morgan fingerprint density at radius 2 is 2.12 bits per heavy atom. The van der Waals surface area contributed by atoms with E-state index in [1.807, 2.05) is 0 Å². The summed E-state index contributed by atoms with van der Waals surface area (Å²) in [4.78, 5) is 26.3. The van der Waals surface area contributed by atoms with Gasteiger partial charge in [-0.15, -0.1) is 0 Å². The Kier molecular flexibility index (Phi) is 3.13. The van der Waals surface area contributed by atoms with E-state index in [4.69, 9.17) is 0 Å². The van der Waals surface area contributed by atoms with Crippen LogP contribution in [0.5, 0.6) is 0 Å². The summed E-state index contributed by atoms with van der Waals surface area (Å²) in [5.41, 5.74) is 0. The fraction of sp³-hybridized carbons (Fsp3) is 0.556. The minimum Gasteiger partial charge on any atom is -0.354 e. The molecular formula is C9H13N5O2. The number of nitrogens with one attached hydrogen (secondary N) is 3. The van der Waals surface area contributed by atoms with E-state index in [0.717, 1.165) is 12.8 Å². The lowest BCUT2D eigenvalue weighted by molar-refractivity contribution is -0.122. The molecule has 1 aromatic rings. The van der Waals surface area contributed by atoms with E-state index in [0.29, 0.717) is 13.1 Å². The van der Waals surface area contributed by atoms with Crippen LogP contribution in [-0.4, -0.2) is 40.1 Å². The second kappa shape index (κ2) is 4.73. The van der Waals surface area contributed by atoms with Crippen molar-refractivity contribution in [2.45, 2.75) is 12.8 Å². The van der Waals surface area contributed by atoms with E-state index >= 15 is 0 Å². The molecule has 86 valence electrons. The molecule has 0 unspecified atom stereocenters. The van der Waals surface area contributed by atoms with Crippen LogP contribution in [0.2, 0.25) is 0 Å². The van der Waals surface area contributed by atoms with E-state index in [1.54, 1.807) is 0 Å². The highest BCUT2D eigenvalue weighted by Crippen LogP contribution is 2.28. The maximum absolute atomic E-state index is 11.3. The second-order valence-corrected chi connectivity index (χ2v) is 3.66. The summed E-state index contributed by atoms with van der Waals surface area (Å²) in [6, 6.07) is 0. The molecule has 0 bridgehead atoms. The summed E-state index contributed by atoms with van der Waals surface area (Å²) in [6.45, 7) is 0.827. The molecule has 1 aromatic heterocycles. The Morgan fingerprint density at radius 1 is 1.38 bits per heavy atom. The van der Waals surface area contributed by atoms with Gasteiger partial charge in [0, 0.05) is 19.0 Å². The number of carbonyl (C=O) groups excluding carboxylic acids is 2. The van der Waals surface area contributed by atoms with Crippen LogP contribution in [0.1, 0.15) is 23.5 Å². The Labute approximate surface area is 92.0 Å². The zero-order valence-electron chi connectivity index (χ0n) is 8.69. The van der Waals surface area contributed by atoms with Gasteiger partial charge in [0.15, 0.2) is 0 Å². The van der Waals surface area contributed by atoms with Gasteiger partial charge in [-0.05, 0) is 12.8 Å². The molecule has 1 aliphatic carbocycles. The van der Waals surface area contributed by atoms with E-state index < -0.39 is 0 Å². The second-order valence-electron chi connectivity index (χ2n) is 3.66. The molecule has 0 atom stereocenters. The largest absolute Gasteiger partial charge is 0.354 e. The first-order valence-electron chi connectivity index (χ1n) is 5.18. The number of rotatable bonds is 5. The number of amides is 2. The number of H-pyrrole nitrogens is 1. The summed E-state index contributed by atoms with van der Waals surface area (Å²) in [6.07, 6.45) is 3.23. The lowest BCUT2D eigenvalue weighted by Crippen LogP contribution is -2.35. The normalized spacial score (nSPS) is 14.5. The first-order valence-corrected chi connectivity index (χ1v) is 5.18. The van der Waals surface area contributed by atoms with Gasteiger partial charge in [-0.2, -0.15) is 5.10 Å². The maximum Gasteiger partial charge on any atom is 0.288 e. The molecule has 0 spiro atoms. The van der Waals surface area contributed by atoms with E-state index in [9.17, 15) is 9.59 Å². The molecule has 1 fully saturated rings. The Hall–Kier alpha value is -1.92. The quantitative estimate of drug-likeness (QED) is 0.561. The van der Waals surface area contributed by atoms with Crippen molar-refractivity contribution in [1.29, 1.82) is 0 Å². The van der Waals surface area contributed by atoms with Gasteiger partial charge in [0.1, 0.15) is 6.33 Å². The predicted octanol–water partition coefficient (Wildman–Crippen LogP) is -0.939. The summed E-state index contributed by atoms with van der Waals surface area (Å²) in [5.74, 6) is 0.130. The molecule has 1 heterocycles. The molecule has 2 rings (SSSR count). The van der Waals surface area contributed by atoms with Gasteiger partial charge < -0.3 is 10.6 Å². The molecular weight excluding hydrogens is 210 g/mol. The molecule has 0 aliphatic heterocycles. The van der Waals surface area contributed by atoms with Crippen molar-refractivity contribution in [2.24, 2.45) is 5.92 Å². The third-order valence-electron chi connectivity index (χ3n) is 2.29. The summed E-state index contributed by atoms with van der Waals surface area (Å²) >= 11 is 0. The number of hydrogen-bond donors (Lipinski definition) is 3. The number of carbonyl (C=O) groups is 2. The van der Waals surface area contributed by atoms with Gasteiger partial charge in [0.2, 0.25) is 11.7 Å². The van der Waals surface area contributed by atoms with Gasteiger partial charge in [-0.3, -0.25) is 14.7 Å². The van der Waals surface area contributed by atoms with Crippen molar-refractivity contribution in [1.82, 2.24) is 25.8 Å². The third-order valence-corrected chi connectivity index (χ3v) is 2.29. The van der Waals surface area contributed by atoms with Crippen molar-refractivity contribution >= 4 is 11.8 Å². The fourth-order valence-corrected chi connectivity index (χ4v) is 1.25. The summed E-state index contributed by atoms with van der Waals surface area (Å²) < 4.78 is 0. The van der Waals surface area contributed by atoms with Crippen LogP contribution in [0.25, 0.3) is 0 Å². The number of nitrogens with zero attached hydrogens (tertiary/aromatic N) is 2. The van der Waals surface area contributed by atoms with Gasteiger partial charge >= 0.3 is 0 Å². The number of aromatic nitrogens is 3. The lowest BCUT2D eigenvalue weighted by atomic mass is 10.4. The number of hydrogen-bond acceptors (Lipinski definition) is 4. The minimum atomic E-state index is -0.321. The summed E-state index contributed by atoms with van der Waals surface area (Å²) in [7, 11) is 0. The van der Waals surface area contributed by atoms with Crippen molar-refractivity contribution in [2.75, 3.05) is 13.1 Å². The van der Waals surface area contributed by atoms with Crippen LogP contribution < -0.4 is 10.6 Å². The van der Waals surface area contributed by atoms with E-state index in [-0.39, 0.29) is 23.6 Å². The molecule has 0 saturated heterocycles. The van der Waals surface area contributed by atoms with Crippen LogP contribution in [0.4, 0.5) is 0 Å². The van der Waals surface area contributed by atoms with Crippen LogP contribution in [0.3, 0.4) is 0 Å². The van der Waals surface area contributed by atoms with Gasteiger partial charge in [-0.25, -0.2) is 4.98 Å². The number of aromatic amines is 1. The third kappa shape index (κ3) is 2.78. The Morgan fingerprint density at radius 3 is 2.75 bits per heavy atom. The van der Waals surface area contributed by atoms with Crippen molar-refractivity contribution in [3.8, 4) is 0 Å². The maximum atomic E-state index is 11.3. The van der Waals surface area contributed by atoms with Crippen molar-refractivity contribution < 1.29 is 9.59 Å². The fourth-order valence-electron chi connectivity index (χ4n) is 1.25. The van der Waals surface area contributed by atoms with Gasteiger partial charge in [0.05, 0.1) is 0 Å². The van der Waals surface area contributed by atoms with Crippen LogP contribution in [0, 0.1) is 5.92 Å². The summed E-state index contributed by atoms with van der Waals surface area (Å²) in [5, 5.41) is 11.4. The molecule has 7 nitrogen and oxygen atoms in total. The van der Waals surface area contributed by atoms with E-state index in [2.05, 4.69) is 25.8 Å². The van der Waals surface area contributed by atoms with Crippen molar-refractivity contribution in [3.63, 3.8) is 0 Å². The smallest absolute Gasteiger partial charge is 0.288 e. The topological polar surface area (TPSA) is 99.8 Å². The highest BCUT2D eigenvalue weighted by molar-refractivity contribution is 5.90. The highest BCUT2D eigenvalue weighted by Gasteiger charge is 2.28. The molecule has 0 aromatic carbocycles. The standard InChI is InChI=1S/C9H13N5O2/c15-8(6-1-2-6)10-3-4-11-9(16)7-12-5-13-14-7/h5-6H,1-4H2,(H,10,15)(H,11,16)(H,12,13,14). The molecule has 0 radical (unpaired) electrons. The van der Waals surface area contributed by atoms with Crippen LogP contribution >= 0.6 is 0 Å². The van der Waals surface area contributed by atoms with Crippen LogP contribution in [-0.2, 0) is 4.79 Å². The van der Waals surface area contributed by atoms with Crippen LogP contribution in [0.15, 0.2) is 6.33 Å². The lowest BCUT2D eigenvalue weighted by Gasteiger charge is -2.04. The first kappa shape index (κ1) is 10.6. The Balaban J connectivity index is 1.60. The molecule has 1 aliphatic rings. The Bertz CT molecular complexity index is 371. The highest BCUT2D eigenvalue weighted by atomic mass is 16.2. The van der Waals surface area contributed by atoms with Gasteiger partial charge in [-0.1, -0.05) is 0 Å². The molecule has 3 N–H and O–H groups in total. The monoisotopic (exact) mass is 223 g/mol. The van der Waals surface area contributed by atoms with Crippen molar-refractivity contribution in [3.05, 3.63) is 12.2 Å². The molecule has 2 amide bonds. The predicted molar refractivity (Wildman–Crippen MR) is 54.4 cm³/mol. The zero-order valence-corrected chi connectivity index (χ0v) is 8.69. The molecule has 16 heavy (non-hydrogen) atoms. The van der Waals surface area contributed by atoms with Gasteiger partial charge in [0.25, 0.3) is 5.91 Å². The first-order chi connectivity index (χ1) is 7.77. The average Bonchev–Trinajstić information content (AvgIpc) is 2.99. The molecule has 1 saturated carbocycles. The molecule has 7 heteroatoms. The minimum absolute atomic E-state index is 0.0777. The SMILES string of the molecule is O=C(NCCNC(=O)C1CC1)c1ncn[nH]1. The van der Waals surface area contributed by atoms with E-state index in [1.165, 1.54) is 6.33 Å². The average molecular weight is 223 g/mol.